The first-order chi connectivity index (χ1) is 7.75. The largest absolute Gasteiger partial charge is 0.417 e. The van der Waals surface area contributed by atoms with Crippen molar-refractivity contribution in [1.82, 2.24) is 9.59 Å². The number of hydrogen-bond donors (Lipinski definition) is 1. The third-order valence-corrected chi connectivity index (χ3v) is 2.56. The smallest absolute Gasteiger partial charge is 0.410 e. The molecule has 0 aliphatic heterocycles. The predicted molar refractivity (Wildman–Crippen MR) is 60.7 cm³/mol. The van der Waals surface area contributed by atoms with Gasteiger partial charge in [0.25, 0.3) is 0 Å². The molecule has 1 amide bonds. The Bertz CT molecular complexity index is 484. The number of ether oxygens (including phenoxy) is 1. The van der Waals surface area contributed by atoms with Gasteiger partial charge in [-0.15, -0.1) is 5.10 Å². The molecule has 0 bridgehead atoms. The molecule has 0 saturated heterocycles. The summed E-state index contributed by atoms with van der Waals surface area (Å²) in [6, 6.07) is 8.85. The molecule has 2 aromatic rings. The number of rotatable bonds is 2. The molecular weight excluding hydrogens is 226 g/mol. The molecule has 0 aliphatic rings. The summed E-state index contributed by atoms with van der Waals surface area (Å²) in [5.74, 6) is 0.495. The lowest BCUT2D eigenvalue weighted by molar-refractivity contribution is 0.215. The number of aryl methyl sites for hydroxylation is 1. The summed E-state index contributed by atoms with van der Waals surface area (Å²) in [4.78, 5) is 11.4. The van der Waals surface area contributed by atoms with Crippen LogP contribution in [-0.4, -0.2) is 15.7 Å². The van der Waals surface area contributed by atoms with Crippen LogP contribution in [-0.2, 0) is 0 Å². The summed E-state index contributed by atoms with van der Waals surface area (Å²) in [7, 11) is 0. The first-order valence-corrected chi connectivity index (χ1v) is 5.36. The SMILES string of the molecule is Cc1nnsc1NC(=O)Oc1ccccc1. The van der Waals surface area contributed by atoms with E-state index >= 15 is 0 Å². The lowest BCUT2D eigenvalue weighted by atomic mass is 10.3. The monoisotopic (exact) mass is 235 g/mol. The van der Waals surface area contributed by atoms with Gasteiger partial charge in [0.05, 0.1) is 5.69 Å². The quantitative estimate of drug-likeness (QED) is 0.868. The summed E-state index contributed by atoms with van der Waals surface area (Å²) >= 11 is 1.12. The highest BCUT2D eigenvalue weighted by atomic mass is 32.1. The van der Waals surface area contributed by atoms with Gasteiger partial charge in [0.2, 0.25) is 0 Å². The summed E-state index contributed by atoms with van der Waals surface area (Å²) in [6.45, 7) is 1.77. The van der Waals surface area contributed by atoms with Gasteiger partial charge >= 0.3 is 6.09 Å². The summed E-state index contributed by atoms with van der Waals surface area (Å²) in [5.41, 5.74) is 0.676. The van der Waals surface area contributed by atoms with Crippen molar-refractivity contribution in [2.45, 2.75) is 6.92 Å². The molecule has 0 saturated carbocycles. The molecule has 1 heterocycles. The summed E-state index contributed by atoms with van der Waals surface area (Å²) < 4.78 is 8.75. The summed E-state index contributed by atoms with van der Waals surface area (Å²) in [5, 5.41) is 6.94. The first-order valence-electron chi connectivity index (χ1n) is 4.58. The minimum Gasteiger partial charge on any atom is -0.410 e. The molecule has 82 valence electrons. The van der Waals surface area contributed by atoms with Crippen molar-refractivity contribution in [2.75, 3.05) is 5.32 Å². The molecule has 16 heavy (non-hydrogen) atoms. The van der Waals surface area contributed by atoms with E-state index in [9.17, 15) is 4.79 Å². The lowest BCUT2D eigenvalue weighted by Gasteiger charge is -2.04. The predicted octanol–water partition coefficient (Wildman–Crippen LogP) is 2.46. The Morgan fingerprint density at radius 2 is 2.12 bits per heavy atom. The number of hydrogen-bond acceptors (Lipinski definition) is 5. The van der Waals surface area contributed by atoms with Crippen LogP contribution in [0.4, 0.5) is 9.80 Å². The van der Waals surface area contributed by atoms with E-state index in [1.165, 1.54) is 0 Å². The molecule has 0 spiro atoms. The fourth-order valence-corrected chi connectivity index (χ4v) is 1.61. The van der Waals surface area contributed by atoms with Gasteiger partial charge in [-0.3, -0.25) is 5.32 Å². The maximum Gasteiger partial charge on any atom is 0.417 e. The van der Waals surface area contributed by atoms with Crippen molar-refractivity contribution in [3.63, 3.8) is 0 Å². The average Bonchev–Trinajstić information content (AvgIpc) is 2.66. The van der Waals surface area contributed by atoms with Gasteiger partial charge in [-0.1, -0.05) is 22.7 Å². The molecule has 0 radical (unpaired) electrons. The molecule has 0 unspecified atom stereocenters. The highest BCUT2D eigenvalue weighted by molar-refractivity contribution is 7.10. The van der Waals surface area contributed by atoms with E-state index in [-0.39, 0.29) is 0 Å². The average molecular weight is 235 g/mol. The highest BCUT2D eigenvalue weighted by Crippen LogP contribution is 2.17. The zero-order chi connectivity index (χ0) is 11.4. The van der Waals surface area contributed by atoms with E-state index in [2.05, 4.69) is 14.9 Å². The highest BCUT2D eigenvalue weighted by Gasteiger charge is 2.09. The Morgan fingerprint density at radius 1 is 1.38 bits per heavy atom. The van der Waals surface area contributed by atoms with Crippen molar-refractivity contribution >= 4 is 22.6 Å². The Kier molecular flexibility index (Phi) is 3.11. The second-order valence-corrected chi connectivity index (χ2v) is 3.77. The molecule has 6 heteroatoms. The molecule has 5 nitrogen and oxygen atoms in total. The van der Waals surface area contributed by atoms with Crippen LogP contribution in [0.5, 0.6) is 5.75 Å². The number of aromatic nitrogens is 2. The van der Waals surface area contributed by atoms with E-state index < -0.39 is 6.09 Å². The standard InChI is InChI=1S/C10H9N3O2S/c1-7-9(16-13-12-7)11-10(14)15-8-5-3-2-4-6-8/h2-6H,1H3,(H,11,14). The van der Waals surface area contributed by atoms with E-state index in [4.69, 9.17) is 4.74 Å². The van der Waals surface area contributed by atoms with Gasteiger partial charge in [0, 0.05) is 11.5 Å². The van der Waals surface area contributed by atoms with Crippen LogP contribution in [0.15, 0.2) is 30.3 Å². The second kappa shape index (κ2) is 4.71. The first kappa shape index (κ1) is 10.6. The van der Waals surface area contributed by atoms with Crippen LogP contribution >= 0.6 is 11.5 Å². The van der Waals surface area contributed by atoms with Crippen molar-refractivity contribution in [3.8, 4) is 5.75 Å². The Morgan fingerprint density at radius 3 is 2.75 bits per heavy atom. The third kappa shape index (κ3) is 2.54. The normalized spacial score (nSPS) is 9.81. The number of amides is 1. The lowest BCUT2D eigenvalue weighted by Crippen LogP contribution is -2.16. The zero-order valence-corrected chi connectivity index (χ0v) is 9.32. The van der Waals surface area contributed by atoms with Gasteiger partial charge in [-0.25, -0.2) is 4.79 Å². The second-order valence-electron chi connectivity index (χ2n) is 3.02. The van der Waals surface area contributed by atoms with Gasteiger partial charge < -0.3 is 4.74 Å². The molecule has 2 rings (SSSR count). The number of benzene rings is 1. The minimum atomic E-state index is -0.541. The molecule has 1 aromatic heterocycles. The molecule has 0 atom stereocenters. The number of carbonyl (C=O) groups excluding carboxylic acids is 1. The number of nitrogens with zero attached hydrogens (tertiary/aromatic N) is 2. The Labute approximate surface area is 96.2 Å². The van der Waals surface area contributed by atoms with Crippen molar-refractivity contribution in [2.24, 2.45) is 0 Å². The maximum absolute atomic E-state index is 11.4. The van der Waals surface area contributed by atoms with Gasteiger partial charge in [-0.2, -0.15) is 0 Å². The summed E-state index contributed by atoms with van der Waals surface area (Å²) in [6.07, 6.45) is -0.541. The molecule has 0 aliphatic carbocycles. The minimum absolute atomic E-state index is 0.495. The Balaban J connectivity index is 1.98. The van der Waals surface area contributed by atoms with Crippen LogP contribution in [0.2, 0.25) is 0 Å². The maximum atomic E-state index is 11.4. The number of carbonyl (C=O) groups is 1. The van der Waals surface area contributed by atoms with Crippen LogP contribution < -0.4 is 10.1 Å². The third-order valence-electron chi connectivity index (χ3n) is 1.82. The van der Waals surface area contributed by atoms with Crippen molar-refractivity contribution in [1.29, 1.82) is 0 Å². The fourth-order valence-electron chi connectivity index (χ4n) is 1.06. The van der Waals surface area contributed by atoms with Gasteiger partial charge in [0.1, 0.15) is 10.8 Å². The molecule has 1 aromatic carbocycles. The van der Waals surface area contributed by atoms with Crippen LogP contribution in [0.25, 0.3) is 0 Å². The van der Waals surface area contributed by atoms with E-state index in [0.29, 0.717) is 16.4 Å². The molecule has 0 fully saturated rings. The van der Waals surface area contributed by atoms with Crippen molar-refractivity contribution in [3.05, 3.63) is 36.0 Å². The number of para-hydroxylation sites is 1. The van der Waals surface area contributed by atoms with Crippen LogP contribution in [0.1, 0.15) is 5.69 Å². The molecule has 1 N–H and O–H groups in total. The Hall–Kier alpha value is -1.95. The van der Waals surface area contributed by atoms with E-state index in [1.807, 2.05) is 6.07 Å². The van der Waals surface area contributed by atoms with Crippen LogP contribution in [0.3, 0.4) is 0 Å². The van der Waals surface area contributed by atoms with E-state index in [0.717, 1.165) is 11.5 Å². The molecular formula is C10H9N3O2S. The van der Waals surface area contributed by atoms with E-state index in [1.54, 1.807) is 31.2 Å². The van der Waals surface area contributed by atoms with Crippen LogP contribution in [0, 0.1) is 6.92 Å². The number of anilines is 1. The zero-order valence-electron chi connectivity index (χ0n) is 8.51. The number of nitrogens with one attached hydrogen (secondary N) is 1. The topological polar surface area (TPSA) is 64.1 Å². The van der Waals surface area contributed by atoms with Gasteiger partial charge in [-0.05, 0) is 19.1 Å². The fraction of sp³-hybridized carbons (Fsp3) is 0.100. The van der Waals surface area contributed by atoms with Crippen molar-refractivity contribution < 1.29 is 9.53 Å². The van der Waals surface area contributed by atoms with Gasteiger partial charge in [0.15, 0.2) is 0 Å².